The summed E-state index contributed by atoms with van der Waals surface area (Å²) in [5, 5.41) is 3.15. The van der Waals surface area contributed by atoms with Crippen LogP contribution in [0.5, 0.6) is 5.75 Å². The van der Waals surface area contributed by atoms with Gasteiger partial charge >= 0.3 is 0 Å². The Labute approximate surface area is 174 Å². The van der Waals surface area contributed by atoms with E-state index in [0.29, 0.717) is 13.0 Å². The van der Waals surface area contributed by atoms with Gasteiger partial charge in [-0.3, -0.25) is 9.69 Å². The molecule has 2 aromatic carbocycles. The van der Waals surface area contributed by atoms with Gasteiger partial charge in [0.25, 0.3) is 0 Å². The number of methoxy groups -OCH3 is 1. The summed E-state index contributed by atoms with van der Waals surface area (Å²) in [6.45, 7) is 5.87. The molecular weight excluding hydrogens is 364 g/mol. The minimum atomic E-state index is 0.110. The highest BCUT2D eigenvalue weighted by Crippen LogP contribution is 2.24. The highest BCUT2D eigenvalue weighted by Gasteiger charge is 2.23. The Morgan fingerprint density at radius 2 is 1.93 bits per heavy atom. The summed E-state index contributed by atoms with van der Waals surface area (Å²) in [6, 6.07) is 16.8. The molecule has 1 heterocycles. The number of amides is 1. The Hall–Kier alpha value is -2.37. The number of aryl methyl sites for hydroxylation is 2. The molecule has 0 radical (unpaired) electrons. The van der Waals surface area contributed by atoms with Gasteiger partial charge in [0.05, 0.1) is 26.4 Å². The van der Waals surface area contributed by atoms with Gasteiger partial charge in [-0.25, -0.2) is 0 Å². The normalized spacial score (nSPS) is 15.7. The van der Waals surface area contributed by atoms with Crippen molar-refractivity contribution >= 4 is 5.91 Å². The van der Waals surface area contributed by atoms with E-state index >= 15 is 0 Å². The molecule has 5 heteroatoms. The minimum Gasteiger partial charge on any atom is -0.497 e. The molecule has 1 fully saturated rings. The summed E-state index contributed by atoms with van der Waals surface area (Å²) < 4.78 is 10.9. The van der Waals surface area contributed by atoms with Crippen molar-refractivity contribution in [1.29, 1.82) is 0 Å². The van der Waals surface area contributed by atoms with E-state index in [2.05, 4.69) is 53.5 Å². The first kappa shape index (κ1) is 21.3. The van der Waals surface area contributed by atoms with E-state index in [4.69, 9.17) is 9.47 Å². The van der Waals surface area contributed by atoms with Gasteiger partial charge in [0, 0.05) is 26.1 Å². The Balaban J connectivity index is 1.54. The maximum atomic E-state index is 12.5. The number of benzene rings is 2. The highest BCUT2D eigenvalue weighted by molar-refractivity contribution is 5.75. The molecule has 0 spiro atoms. The van der Waals surface area contributed by atoms with Gasteiger partial charge in [0.1, 0.15) is 5.75 Å². The summed E-state index contributed by atoms with van der Waals surface area (Å²) in [5.41, 5.74) is 3.70. The first-order chi connectivity index (χ1) is 14.2. The van der Waals surface area contributed by atoms with E-state index in [1.165, 1.54) is 11.1 Å². The van der Waals surface area contributed by atoms with E-state index in [-0.39, 0.29) is 11.9 Å². The van der Waals surface area contributed by atoms with Crippen LogP contribution in [0.1, 0.15) is 35.6 Å². The summed E-state index contributed by atoms with van der Waals surface area (Å²) in [7, 11) is 1.68. The van der Waals surface area contributed by atoms with Crippen LogP contribution in [0.15, 0.2) is 48.5 Å². The first-order valence-electron chi connectivity index (χ1n) is 10.4. The third-order valence-electron chi connectivity index (χ3n) is 5.45. The summed E-state index contributed by atoms with van der Waals surface area (Å²) in [5.74, 6) is 0.948. The molecule has 1 aliphatic heterocycles. The van der Waals surface area contributed by atoms with Crippen molar-refractivity contribution in [3.8, 4) is 5.75 Å². The van der Waals surface area contributed by atoms with Crippen molar-refractivity contribution in [2.24, 2.45) is 0 Å². The molecule has 1 atom stereocenters. The molecule has 29 heavy (non-hydrogen) atoms. The van der Waals surface area contributed by atoms with Crippen LogP contribution >= 0.6 is 0 Å². The van der Waals surface area contributed by atoms with Gasteiger partial charge < -0.3 is 14.8 Å². The third-order valence-corrected chi connectivity index (χ3v) is 5.45. The van der Waals surface area contributed by atoms with Gasteiger partial charge in [-0.15, -0.1) is 0 Å². The van der Waals surface area contributed by atoms with Crippen LogP contribution in [0, 0.1) is 6.92 Å². The number of nitrogens with zero attached hydrogens (tertiary/aromatic N) is 1. The number of ether oxygens (including phenoxy) is 2. The van der Waals surface area contributed by atoms with Gasteiger partial charge in [-0.05, 0) is 43.0 Å². The second-order valence-corrected chi connectivity index (χ2v) is 7.58. The fourth-order valence-corrected chi connectivity index (χ4v) is 3.70. The van der Waals surface area contributed by atoms with E-state index < -0.39 is 0 Å². The fourth-order valence-electron chi connectivity index (χ4n) is 3.70. The molecule has 156 valence electrons. The molecule has 3 rings (SSSR count). The molecule has 0 bridgehead atoms. The Morgan fingerprint density at radius 1 is 1.17 bits per heavy atom. The molecule has 1 saturated heterocycles. The smallest absolute Gasteiger partial charge is 0.220 e. The zero-order valence-corrected chi connectivity index (χ0v) is 17.5. The average molecular weight is 397 g/mol. The maximum Gasteiger partial charge on any atom is 0.220 e. The highest BCUT2D eigenvalue weighted by atomic mass is 16.5. The summed E-state index contributed by atoms with van der Waals surface area (Å²) >= 11 is 0. The summed E-state index contributed by atoms with van der Waals surface area (Å²) in [4.78, 5) is 14.8. The molecule has 0 aliphatic carbocycles. The number of carbonyl (C=O) groups is 1. The number of morpholine rings is 1. The topological polar surface area (TPSA) is 50.8 Å². The van der Waals surface area contributed by atoms with Crippen molar-refractivity contribution in [1.82, 2.24) is 10.2 Å². The van der Waals surface area contributed by atoms with Crippen LogP contribution in [-0.2, 0) is 16.0 Å². The standard InChI is InChI=1S/C24H32N2O3/c1-19-9-11-20(12-10-19)5-3-8-24(27)25-18-23(26-13-15-29-16-14-26)21-6-4-7-22(17-21)28-2/h4,6-7,9-12,17,23H,3,5,8,13-16,18H2,1-2H3,(H,25,27). The Morgan fingerprint density at radius 3 is 2.66 bits per heavy atom. The van der Waals surface area contributed by atoms with Gasteiger partial charge in [-0.1, -0.05) is 42.0 Å². The molecule has 0 saturated carbocycles. The quantitative estimate of drug-likeness (QED) is 0.705. The molecular formula is C24H32N2O3. The van der Waals surface area contributed by atoms with Gasteiger partial charge in [0.15, 0.2) is 0 Å². The van der Waals surface area contributed by atoms with Crippen LogP contribution in [0.4, 0.5) is 0 Å². The zero-order chi connectivity index (χ0) is 20.5. The van der Waals surface area contributed by atoms with Crippen LogP contribution in [0.25, 0.3) is 0 Å². The number of hydrogen-bond donors (Lipinski definition) is 1. The van der Waals surface area contributed by atoms with E-state index in [1.54, 1.807) is 7.11 Å². The van der Waals surface area contributed by atoms with E-state index in [0.717, 1.165) is 50.5 Å². The lowest BCUT2D eigenvalue weighted by atomic mass is 10.0. The van der Waals surface area contributed by atoms with E-state index in [1.807, 2.05) is 12.1 Å². The van der Waals surface area contributed by atoms with Crippen LogP contribution in [0.2, 0.25) is 0 Å². The monoisotopic (exact) mass is 396 g/mol. The molecule has 5 nitrogen and oxygen atoms in total. The Kier molecular flexibility index (Phi) is 8.08. The maximum absolute atomic E-state index is 12.5. The molecule has 2 aromatic rings. The predicted molar refractivity (Wildman–Crippen MR) is 115 cm³/mol. The van der Waals surface area contributed by atoms with Crippen molar-refractivity contribution in [3.63, 3.8) is 0 Å². The predicted octanol–water partition coefficient (Wildman–Crippen LogP) is 3.52. The van der Waals surface area contributed by atoms with Crippen LogP contribution in [-0.4, -0.2) is 50.8 Å². The molecule has 1 unspecified atom stereocenters. The Bertz CT molecular complexity index is 770. The number of carbonyl (C=O) groups excluding carboxylic acids is 1. The summed E-state index contributed by atoms with van der Waals surface area (Å²) in [6.07, 6.45) is 2.33. The SMILES string of the molecule is COc1cccc(C(CNC(=O)CCCc2ccc(C)cc2)N2CCOCC2)c1. The molecule has 1 N–H and O–H groups in total. The average Bonchev–Trinajstić information content (AvgIpc) is 2.76. The second-order valence-electron chi connectivity index (χ2n) is 7.58. The van der Waals surface area contributed by atoms with Crippen LogP contribution in [0.3, 0.4) is 0 Å². The number of rotatable bonds is 9. The number of nitrogens with one attached hydrogen (secondary N) is 1. The largest absolute Gasteiger partial charge is 0.497 e. The van der Waals surface area contributed by atoms with Crippen molar-refractivity contribution in [3.05, 3.63) is 65.2 Å². The molecule has 1 aliphatic rings. The lowest BCUT2D eigenvalue weighted by Gasteiger charge is -2.35. The fraction of sp³-hybridized carbons (Fsp3) is 0.458. The zero-order valence-electron chi connectivity index (χ0n) is 17.5. The van der Waals surface area contributed by atoms with Crippen molar-refractivity contribution in [2.45, 2.75) is 32.2 Å². The van der Waals surface area contributed by atoms with Crippen LogP contribution < -0.4 is 10.1 Å². The van der Waals surface area contributed by atoms with E-state index in [9.17, 15) is 4.79 Å². The minimum absolute atomic E-state index is 0.110. The molecule has 1 amide bonds. The number of hydrogen-bond acceptors (Lipinski definition) is 4. The van der Waals surface area contributed by atoms with Crippen molar-refractivity contribution in [2.75, 3.05) is 40.0 Å². The lowest BCUT2D eigenvalue weighted by Crippen LogP contribution is -2.43. The van der Waals surface area contributed by atoms with Gasteiger partial charge in [0.2, 0.25) is 5.91 Å². The second kappa shape index (κ2) is 11.0. The van der Waals surface area contributed by atoms with Gasteiger partial charge in [-0.2, -0.15) is 0 Å². The third kappa shape index (κ3) is 6.58. The lowest BCUT2D eigenvalue weighted by molar-refractivity contribution is -0.121. The first-order valence-corrected chi connectivity index (χ1v) is 10.4. The molecule has 0 aromatic heterocycles. The van der Waals surface area contributed by atoms with Crippen molar-refractivity contribution < 1.29 is 14.3 Å².